The summed E-state index contributed by atoms with van der Waals surface area (Å²) in [6.45, 7) is 3.08. The van der Waals surface area contributed by atoms with Gasteiger partial charge in [0.15, 0.2) is 11.5 Å². The zero-order valence-corrected chi connectivity index (χ0v) is 15.6. The largest absolute Gasteiger partial charge is 0.486 e. The summed E-state index contributed by atoms with van der Waals surface area (Å²) in [5, 5.41) is 6.32. The van der Waals surface area contributed by atoms with Gasteiger partial charge in [-0.3, -0.25) is 4.79 Å². The van der Waals surface area contributed by atoms with Gasteiger partial charge in [0, 0.05) is 17.4 Å². The van der Waals surface area contributed by atoms with Gasteiger partial charge in [-0.05, 0) is 36.8 Å². The van der Waals surface area contributed by atoms with E-state index >= 15 is 0 Å². The number of fused-ring (bicyclic) bond motifs is 1. The van der Waals surface area contributed by atoms with Crippen LogP contribution in [0, 0.1) is 6.92 Å². The van der Waals surface area contributed by atoms with Gasteiger partial charge in [-0.25, -0.2) is 0 Å². The fraction of sp³-hybridized carbons (Fsp3) is 0.174. The first kappa shape index (κ1) is 17.9. The summed E-state index contributed by atoms with van der Waals surface area (Å²) in [6.07, 6.45) is 0. The van der Waals surface area contributed by atoms with Crippen LogP contribution in [0.25, 0.3) is 0 Å². The Hall–Kier alpha value is -3.47. The first-order chi connectivity index (χ1) is 13.7. The lowest BCUT2D eigenvalue weighted by molar-refractivity contribution is -0.117. The summed E-state index contributed by atoms with van der Waals surface area (Å²) in [5.74, 6) is 1.27. The lowest BCUT2D eigenvalue weighted by atomic mass is 10.1. The molecule has 0 aromatic heterocycles. The van der Waals surface area contributed by atoms with Crippen molar-refractivity contribution in [2.75, 3.05) is 23.8 Å². The minimum Gasteiger partial charge on any atom is -0.486 e. The molecule has 2 N–H and O–H groups in total. The Kier molecular flexibility index (Phi) is 5.15. The predicted molar refractivity (Wildman–Crippen MR) is 110 cm³/mol. The highest BCUT2D eigenvalue weighted by atomic mass is 16.6. The highest BCUT2D eigenvalue weighted by molar-refractivity contribution is 5.97. The second-order valence-electron chi connectivity index (χ2n) is 6.70. The van der Waals surface area contributed by atoms with Gasteiger partial charge in [-0.2, -0.15) is 0 Å². The molecule has 0 spiro atoms. The molecule has 1 atom stereocenters. The van der Waals surface area contributed by atoms with Gasteiger partial charge in [0.2, 0.25) is 0 Å². The molecule has 0 aliphatic carbocycles. The van der Waals surface area contributed by atoms with Gasteiger partial charge < -0.3 is 20.1 Å². The van der Waals surface area contributed by atoms with E-state index in [2.05, 4.69) is 10.6 Å². The average molecular weight is 374 g/mol. The third-order valence-corrected chi connectivity index (χ3v) is 4.57. The second-order valence-corrected chi connectivity index (χ2v) is 6.70. The van der Waals surface area contributed by atoms with Gasteiger partial charge in [-0.15, -0.1) is 0 Å². The first-order valence-electron chi connectivity index (χ1n) is 9.28. The number of nitrogens with one attached hydrogen (secondary N) is 2. The zero-order valence-electron chi connectivity index (χ0n) is 15.6. The first-order valence-corrected chi connectivity index (χ1v) is 9.28. The number of ether oxygens (including phenoxy) is 2. The molecule has 28 heavy (non-hydrogen) atoms. The molecular weight excluding hydrogens is 352 g/mol. The van der Waals surface area contributed by atoms with Gasteiger partial charge in [0.1, 0.15) is 19.3 Å². The van der Waals surface area contributed by atoms with Crippen LogP contribution in [0.15, 0.2) is 72.8 Å². The molecule has 0 saturated carbocycles. The van der Waals surface area contributed by atoms with Crippen LogP contribution < -0.4 is 20.1 Å². The van der Waals surface area contributed by atoms with Crippen LogP contribution in [0.1, 0.15) is 17.2 Å². The number of aryl methyl sites for hydroxylation is 1. The minimum absolute atomic E-state index is 0.134. The van der Waals surface area contributed by atoms with E-state index in [0.717, 1.165) is 28.3 Å². The molecule has 0 bridgehead atoms. The Bertz CT molecular complexity index is 955. The van der Waals surface area contributed by atoms with Crippen molar-refractivity contribution < 1.29 is 14.3 Å². The molecule has 1 aliphatic heterocycles. The van der Waals surface area contributed by atoms with Crippen molar-refractivity contribution in [3.05, 3.63) is 83.9 Å². The predicted octanol–water partition coefficient (Wildman–Crippen LogP) is 4.56. The topological polar surface area (TPSA) is 59.6 Å². The van der Waals surface area contributed by atoms with Crippen LogP contribution >= 0.6 is 0 Å². The Morgan fingerprint density at radius 1 is 0.857 bits per heavy atom. The Morgan fingerprint density at radius 2 is 1.54 bits per heavy atom. The number of carbonyl (C=O) groups excluding carboxylic acids is 1. The smallest absolute Gasteiger partial charge is 0.251 e. The Balaban J connectivity index is 1.58. The monoisotopic (exact) mass is 374 g/mol. The van der Waals surface area contributed by atoms with Crippen LogP contribution in [0.2, 0.25) is 0 Å². The number of hydrogen-bond acceptors (Lipinski definition) is 4. The molecule has 0 radical (unpaired) electrons. The van der Waals surface area contributed by atoms with Gasteiger partial charge in [0.05, 0.1) is 0 Å². The van der Waals surface area contributed by atoms with Crippen LogP contribution in [-0.2, 0) is 4.79 Å². The number of rotatable bonds is 5. The summed E-state index contributed by atoms with van der Waals surface area (Å²) in [5.41, 5.74) is 3.58. The summed E-state index contributed by atoms with van der Waals surface area (Å²) in [4.78, 5) is 13.1. The van der Waals surface area contributed by atoms with E-state index in [9.17, 15) is 4.79 Å². The van der Waals surface area contributed by atoms with Crippen molar-refractivity contribution in [2.45, 2.75) is 13.0 Å². The van der Waals surface area contributed by atoms with Gasteiger partial charge >= 0.3 is 0 Å². The number of carbonyl (C=O) groups is 1. The van der Waals surface area contributed by atoms with E-state index in [-0.39, 0.29) is 5.91 Å². The van der Waals surface area contributed by atoms with Crippen LogP contribution in [0.5, 0.6) is 11.5 Å². The Morgan fingerprint density at radius 3 is 2.29 bits per heavy atom. The molecule has 3 aromatic carbocycles. The van der Waals surface area contributed by atoms with Crippen LogP contribution in [0.3, 0.4) is 0 Å². The van der Waals surface area contributed by atoms with Gasteiger partial charge in [0.25, 0.3) is 5.91 Å². The highest BCUT2D eigenvalue weighted by Gasteiger charge is 2.22. The summed E-state index contributed by atoms with van der Waals surface area (Å²) < 4.78 is 11.2. The summed E-state index contributed by atoms with van der Waals surface area (Å²) >= 11 is 0. The average Bonchev–Trinajstić information content (AvgIpc) is 2.74. The molecule has 1 amide bonds. The molecule has 1 aliphatic rings. The maximum atomic E-state index is 13.1. The molecule has 5 nitrogen and oxygen atoms in total. The SMILES string of the molecule is Cc1ccc(NC(=O)[C@H](Nc2ccc3c(c2)OCCO3)c2ccccc2)cc1. The van der Waals surface area contributed by atoms with Crippen molar-refractivity contribution in [1.82, 2.24) is 0 Å². The van der Waals surface area contributed by atoms with E-state index < -0.39 is 6.04 Å². The molecule has 0 saturated heterocycles. The third-order valence-electron chi connectivity index (χ3n) is 4.57. The van der Waals surface area contributed by atoms with E-state index in [1.807, 2.05) is 79.7 Å². The molecular formula is C23H22N2O3. The molecule has 4 rings (SSSR count). The minimum atomic E-state index is -0.551. The fourth-order valence-electron chi connectivity index (χ4n) is 3.10. The van der Waals surface area contributed by atoms with E-state index in [1.165, 1.54) is 0 Å². The number of benzene rings is 3. The highest BCUT2D eigenvalue weighted by Crippen LogP contribution is 2.34. The lowest BCUT2D eigenvalue weighted by Gasteiger charge is -2.22. The van der Waals surface area contributed by atoms with Gasteiger partial charge in [-0.1, -0.05) is 48.0 Å². The van der Waals surface area contributed by atoms with Crippen LogP contribution in [-0.4, -0.2) is 19.1 Å². The Labute approximate surface area is 164 Å². The van der Waals surface area contributed by atoms with Crippen LogP contribution in [0.4, 0.5) is 11.4 Å². The third kappa shape index (κ3) is 4.09. The molecule has 5 heteroatoms. The number of amides is 1. The maximum Gasteiger partial charge on any atom is 0.251 e. The number of anilines is 2. The van der Waals surface area contributed by atoms with Crippen molar-refractivity contribution in [3.8, 4) is 11.5 Å². The van der Waals surface area contributed by atoms with Crippen molar-refractivity contribution in [3.63, 3.8) is 0 Å². The van der Waals surface area contributed by atoms with E-state index in [0.29, 0.717) is 19.0 Å². The molecule has 142 valence electrons. The normalized spacial score (nSPS) is 13.5. The zero-order chi connectivity index (χ0) is 19.3. The van der Waals surface area contributed by atoms with Crippen molar-refractivity contribution >= 4 is 17.3 Å². The summed E-state index contributed by atoms with van der Waals surface area (Å²) in [7, 11) is 0. The van der Waals surface area contributed by atoms with E-state index in [4.69, 9.17) is 9.47 Å². The lowest BCUT2D eigenvalue weighted by Crippen LogP contribution is -2.27. The van der Waals surface area contributed by atoms with Crippen molar-refractivity contribution in [2.24, 2.45) is 0 Å². The summed E-state index contributed by atoms with van der Waals surface area (Å²) in [6, 6.07) is 22.5. The number of hydrogen-bond donors (Lipinski definition) is 2. The fourth-order valence-corrected chi connectivity index (χ4v) is 3.10. The quantitative estimate of drug-likeness (QED) is 0.687. The second kappa shape index (κ2) is 8.05. The molecule has 3 aromatic rings. The standard InChI is InChI=1S/C23H22N2O3/c1-16-7-9-18(10-8-16)25-23(26)22(17-5-3-2-4-6-17)24-19-11-12-20-21(15-19)28-14-13-27-20/h2-12,15,22,24H,13-14H2,1H3,(H,25,26)/t22-/m1/s1. The molecule has 1 heterocycles. The molecule has 0 fully saturated rings. The van der Waals surface area contributed by atoms with Crippen molar-refractivity contribution in [1.29, 1.82) is 0 Å². The maximum absolute atomic E-state index is 13.1. The van der Waals surface area contributed by atoms with E-state index in [1.54, 1.807) is 0 Å². The molecule has 0 unspecified atom stereocenters.